The van der Waals surface area contributed by atoms with E-state index in [-0.39, 0.29) is 18.5 Å². The van der Waals surface area contributed by atoms with Crippen molar-refractivity contribution in [3.8, 4) is 0 Å². The van der Waals surface area contributed by atoms with Crippen LogP contribution in [0, 0.1) is 0 Å². The van der Waals surface area contributed by atoms with Crippen molar-refractivity contribution in [2.24, 2.45) is 0 Å². The normalized spacial score (nSPS) is 20.4. The van der Waals surface area contributed by atoms with Crippen LogP contribution in [-0.2, 0) is 0 Å². The van der Waals surface area contributed by atoms with Crippen molar-refractivity contribution in [2.75, 3.05) is 26.2 Å². The van der Waals surface area contributed by atoms with Crippen molar-refractivity contribution in [1.29, 1.82) is 0 Å². The molecule has 1 aliphatic rings. The number of rotatable bonds is 2. The summed E-state index contributed by atoms with van der Waals surface area (Å²) in [4.78, 5) is 26.4. The summed E-state index contributed by atoms with van der Waals surface area (Å²) in [7, 11) is 0. The number of hydrogen-bond acceptors (Lipinski definition) is 5. The van der Waals surface area contributed by atoms with Crippen LogP contribution in [0.1, 0.15) is 11.7 Å². The standard InChI is InChI=1S/C13H17N5O2/c1-10-8-14-5-7-16(10)9-12(19)18-13(20)17-6-3-2-4-11(17)15-18/h2-4,6,10,14H,5,7-9H2,1H3/t10-/m0/s1. The van der Waals surface area contributed by atoms with Gasteiger partial charge in [-0.25, -0.2) is 9.20 Å². The minimum Gasteiger partial charge on any atom is -0.314 e. The summed E-state index contributed by atoms with van der Waals surface area (Å²) in [5.74, 6) is -0.285. The lowest BCUT2D eigenvalue weighted by Crippen LogP contribution is -2.52. The molecule has 1 aliphatic heterocycles. The van der Waals surface area contributed by atoms with Gasteiger partial charge >= 0.3 is 5.69 Å². The maximum absolute atomic E-state index is 12.3. The molecule has 20 heavy (non-hydrogen) atoms. The molecule has 0 saturated carbocycles. The molecule has 0 unspecified atom stereocenters. The molecular formula is C13H17N5O2. The first-order valence-corrected chi connectivity index (χ1v) is 6.71. The summed E-state index contributed by atoms with van der Waals surface area (Å²) >= 11 is 0. The van der Waals surface area contributed by atoms with Crippen molar-refractivity contribution >= 4 is 11.6 Å². The van der Waals surface area contributed by atoms with E-state index in [1.807, 2.05) is 0 Å². The van der Waals surface area contributed by atoms with Gasteiger partial charge in [0.1, 0.15) is 0 Å². The number of piperazine rings is 1. The van der Waals surface area contributed by atoms with Gasteiger partial charge in [-0.1, -0.05) is 6.07 Å². The lowest BCUT2D eigenvalue weighted by molar-refractivity contribution is 0.0772. The Balaban J connectivity index is 1.85. The zero-order chi connectivity index (χ0) is 14.1. The van der Waals surface area contributed by atoms with Gasteiger partial charge in [0.25, 0.3) is 5.91 Å². The lowest BCUT2D eigenvalue weighted by Gasteiger charge is -2.32. The van der Waals surface area contributed by atoms with Gasteiger partial charge in [0, 0.05) is 31.9 Å². The monoisotopic (exact) mass is 275 g/mol. The predicted octanol–water partition coefficient (Wildman–Crippen LogP) is -0.570. The summed E-state index contributed by atoms with van der Waals surface area (Å²) in [6.45, 7) is 4.79. The highest BCUT2D eigenvalue weighted by atomic mass is 16.2. The zero-order valence-electron chi connectivity index (χ0n) is 11.3. The van der Waals surface area contributed by atoms with E-state index in [1.165, 1.54) is 4.40 Å². The van der Waals surface area contributed by atoms with Gasteiger partial charge in [-0.2, -0.15) is 0 Å². The van der Waals surface area contributed by atoms with Crippen molar-refractivity contribution in [2.45, 2.75) is 13.0 Å². The molecule has 0 radical (unpaired) electrons. The van der Waals surface area contributed by atoms with Gasteiger partial charge in [0.15, 0.2) is 5.65 Å². The number of pyridine rings is 1. The summed E-state index contributed by atoms with van der Waals surface area (Å²) in [5.41, 5.74) is 0.0765. The molecule has 0 spiro atoms. The fraction of sp³-hybridized carbons (Fsp3) is 0.462. The minimum absolute atomic E-state index is 0.215. The van der Waals surface area contributed by atoms with E-state index in [4.69, 9.17) is 0 Å². The van der Waals surface area contributed by atoms with E-state index in [0.717, 1.165) is 24.3 Å². The summed E-state index contributed by atoms with van der Waals surface area (Å²) in [6.07, 6.45) is 1.61. The molecule has 2 aromatic heterocycles. The summed E-state index contributed by atoms with van der Waals surface area (Å²) < 4.78 is 2.34. The van der Waals surface area contributed by atoms with Crippen LogP contribution in [-0.4, -0.2) is 57.2 Å². The van der Waals surface area contributed by atoms with Crippen LogP contribution in [0.5, 0.6) is 0 Å². The third-order valence-electron chi connectivity index (χ3n) is 3.64. The molecule has 3 rings (SSSR count). The predicted molar refractivity (Wildman–Crippen MR) is 74.0 cm³/mol. The fourth-order valence-electron chi connectivity index (χ4n) is 2.45. The highest BCUT2D eigenvalue weighted by Crippen LogP contribution is 2.02. The van der Waals surface area contributed by atoms with E-state index in [0.29, 0.717) is 5.65 Å². The van der Waals surface area contributed by atoms with Crippen molar-refractivity contribution in [3.05, 3.63) is 34.9 Å². The van der Waals surface area contributed by atoms with E-state index in [1.54, 1.807) is 24.4 Å². The highest BCUT2D eigenvalue weighted by molar-refractivity contribution is 5.80. The van der Waals surface area contributed by atoms with Gasteiger partial charge in [-0.15, -0.1) is 9.78 Å². The SMILES string of the molecule is C[C@H]1CNCCN1CC(=O)n1nc2ccccn2c1=O. The highest BCUT2D eigenvalue weighted by Gasteiger charge is 2.22. The van der Waals surface area contributed by atoms with Gasteiger partial charge in [0.2, 0.25) is 0 Å². The average Bonchev–Trinajstić information content (AvgIpc) is 2.79. The fourth-order valence-corrected chi connectivity index (χ4v) is 2.45. The van der Waals surface area contributed by atoms with Crippen molar-refractivity contribution < 1.29 is 4.79 Å². The van der Waals surface area contributed by atoms with Crippen LogP contribution in [0.25, 0.3) is 5.65 Å². The molecule has 1 N–H and O–H groups in total. The van der Waals surface area contributed by atoms with E-state index >= 15 is 0 Å². The molecule has 1 fully saturated rings. The third kappa shape index (κ3) is 2.25. The zero-order valence-corrected chi connectivity index (χ0v) is 11.3. The Kier molecular flexibility index (Phi) is 3.37. The third-order valence-corrected chi connectivity index (χ3v) is 3.64. The Hall–Kier alpha value is -1.99. The van der Waals surface area contributed by atoms with Crippen LogP contribution in [0.15, 0.2) is 29.2 Å². The number of aromatic nitrogens is 3. The molecule has 1 atom stereocenters. The summed E-state index contributed by atoms with van der Waals surface area (Å²) in [6, 6.07) is 5.51. The second-order valence-electron chi connectivity index (χ2n) is 5.04. The average molecular weight is 275 g/mol. The van der Waals surface area contributed by atoms with Crippen LogP contribution in [0.3, 0.4) is 0 Å². The Morgan fingerprint density at radius 1 is 1.50 bits per heavy atom. The summed E-state index contributed by atoms with van der Waals surface area (Å²) in [5, 5.41) is 7.35. The quantitative estimate of drug-likeness (QED) is 0.795. The van der Waals surface area contributed by atoms with Crippen LogP contribution < -0.4 is 11.0 Å². The number of hydrogen-bond donors (Lipinski definition) is 1. The van der Waals surface area contributed by atoms with Crippen molar-refractivity contribution in [3.63, 3.8) is 0 Å². The molecule has 1 saturated heterocycles. The van der Waals surface area contributed by atoms with Gasteiger partial charge in [-0.05, 0) is 19.1 Å². The number of nitrogens with zero attached hydrogens (tertiary/aromatic N) is 4. The van der Waals surface area contributed by atoms with Crippen LogP contribution >= 0.6 is 0 Å². The first-order valence-electron chi connectivity index (χ1n) is 6.71. The molecule has 7 heteroatoms. The van der Waals surface area contributed by atoms with Gasteiger partial charge < -0.3 is 5.32 Å². The van der Waals surface area contributed by atoms with Gasteiger partial charge in [0.05, 0.1) is 6.54 Å². The number of carbonyl (C=O) groups is 1. The molecule has 2 aromatic rings. The second kappa shape index (κ2) is 5.18. The first kappa shape index (κ1) is 13.0. The lowest BCUT2D eigenvalue weighted by atomic mass is 10.2. The smallest absolute Gasteiger partial charge is 0.314 e. The molecule has 3 heterocycles. The van der Waals surface area contributed by atoms with Crippen LogP contribution in [0.2, 0.25) is 0 Å². The van der Waals surface area contributed by atoms with Crippen LogP contribution in [0.4, 0.5) is 0 Å². The van der Waals surface area contributed by atoms with Gasteiger partial charge in [-0.3, -0.25) is 9.69 Å². The van der Waals surface area contributed by atoms with E-state index < -0.39 is 5.69 Å². The molecule has 106 valence electrons. The number of nitrogens with one attached hydrogen (secondary N) is 1. The largest absolute Gasteiger partial charge is 0.357 e. The maximum atomic E-state index is 12.3. The Morgan fingerprint density at radius 2 is 2.35 bits per heavy atom. The molecule has 0 aromatic carbocycles. The minimum atomic E-state index is -0.409. The first-order chi connectivity index (χ1) is 9.66. The molecule has 0 aliphatic carbocycles. The van der Waals surface area contributed by atoms with E-state index in [9.17, 15) is 9.59 Å². The number of fused-ring (bicyclic) bond motifs is 1. The number of carbonyl (C=O) groups excluding carboxylic acids is 1. The second-order valence-corrected chi connectivity index (χ2v) is 5.04. The van der Waals surface area contributed by atoms with E-state index in [2.05, 4.69) is 22.2 Å². The Labute approximate surface area is 115 Å². The molecule has 0 bridgehead atoms. The molecular weight excluding hydrogens is 258 g/mol. The molecule has 7 nitrogen and oxygen atoms in total. The molecule has 0 amide bonds. The Morgan fingerprint density at radius 3 is 3.10 bits per heavy atom. The Bertz CT molecular complexity index is 689. The topological polar surface area (TPSA) is 71.6 Å². The maximum Gasteiger partial charge on any atom is 0.357 e. The van der Waals surface area contributed by atoms with Crippen molar-refractivity contribution in [1.82, 2.24) is 24.4 Å².